The van der Waals surface area contributed by atoms with Crippen molar-refractivity contribution in [2.75, 3.05) is 6.61 Å². The van der Waals surface area contributed by atoms with Gasteiger partial charge in [-0.3, -0.25) is 0 Å². The lowest BCUT2D eigenvalue weighted by molar-refractivity contribution is 0.309. The second-order valence-electron chi connectivity index (χ2n) is 7.50. The Balaban J connectivity index is 1.24. The van der Waals surface area contributed by atoms with Crippen LogP contribution in [-0.4, -0.2) is 25.7 Å². The molecule has 0 atom stereocenters. The van der Waals surface area contributed by atoms with E-state index in [0.29, 0.717) is 6.61 Å². The molecular formula is C26H24N4O. The van der Waals surface area contributed by atoms with Crippen LogP contribution in [0.3, 0.4) is 0 Å². The topological polar surface area (TPSA) is 44.9 Å². The second-order valence-corrected chi connectivity index (χ2v) is 7.50. The molecule has 0 spiro atoms. The summed E-state index contributed by atoms with van der Waals surface area (Å²) in [6.45, 7) is 1.48. The van der Waals surface area contributed by atoms with Crippen molar-refractivity contribution in [3.8, 4) is 11.4 Å². The normalized spacial score (nSPS) is 11.1. The van der Waals surface area contributed by atoms with Gasteiger partial charge in [-0.05, 0) is 48.4 Å². The molecule has 5 rings (SSSR count). The van der Waals surface area contributed by atoms with Crippen molar-refractivity contribution in [3.05, 3.63) is 109 Å². The van der Waals surface area contributed by atoms with Crippen molar-refractivity contribution in [1.29, 1.82) is 0 Å². The minimum absolute atomic E-state index is 0.652. The van der Waals surface area contributed by atoms with Crippen LogP contribution in [0.2, 0.25) is 0 Å². The number of aromatic nitrogens is 4. The van der Waals surface area contributed by atoms with Crippen molar-refractivity contribution in [2.45, 2.75) is 19.4 Å². The summed E-state index contributed by atoms with van der Waals surface area (Å²) >= 11 is 0. The molecule has 3 aromatic carbocycles. The van der Waals surface area contributed by atoms with Crippen molar-refractivity contribution in [1.82, 2.24) is 19.1 Å². The van der Waals surface area contributed by atoms with Crippen LogP contribution in [0.5, 0.6) is 5.75 Å². The molecule has 0 saturated carbocycles. The molecule has 5 heteroatoms. The first-order valence-corrected chi connectivity index (χ1v) is 10.6. The summed E-state index contributed by atoms with van der Waals surface area (Å²) in [6, 6.07) is 27.0. The average Bonchev–Trinajstić information content (AvgIpc) is 3.47. The van der Waals surface area contributed by atoms with E-state index in [1.165, 1.54) is 11.1 Å². The fourth-order valence-electron chi connectivity index (χ4n) is 3.81. The number of para-hydroxylation sites is 2. The van der Waals surface area contributed by atoms with Crippen LogP contribution in [0, 0.1) is 0 Å². The highest BCUT2D eigenvalue weighted by molar-refractivity contribution is 5.76. The minimum atomic E-state index is 0.652. The Morgan fingerprint density at radius 2 is 1.65 bits per heavy atom. The Morgan fingerprint density at radius 1 is 0.839 bits per heavy atom. The van der Waals surface area contributed by atoms with Crippen LogP contribution >= 0.6 is 0 Å². The number of imidazole rings is 2. The quantitative estimate of drug-likeness (QED) is 0.328. The minimum Gasteiger partial charge on any atom is -0.494 e. The van der Waals surface area contributed by atoms with Gasteiger partial charge in [0.05, 0.1) is 24.0 Å². The monoisotopic (exact) mass is 408 g/mol. The molecule has 2 heterocycles. The van der Waals surface area contributed by atoms with Crippen LogP contribution in [0.15, 0.2) is 97.6 Å². The maximum atomic E-state index is 5.97. The number of aryl methyl sites for hydroxylation is 1. The molecule has 5 aromatic rings. The zero-order valence-corrected chi connectivity index (χ0v) is 17.3. The maximum Gasteiger partial charge on any atom is 0.119 e. The molecule has 0 bridgehead atoms. The largest absolute Gasteiger partial charge is 0.494 e. The maximum absolute atomic E-state index is 5.97. The molecule has 154 valence electrons. The van der Waals surface area contributed by atoms with Gasteiger partial charge in [0.2, 0.25) is 0 Å². The van der Waals surface area contributed by atoms with Gasteiger partial charge in [-0.25, -0.2) is 9.97 Å². The van der Waals surface area contributed by atoms with E-state index in [9.17, 15) is 0 Å². The Bertz CT molecular complexity index is 1240. The highest BCUT2D eigenvalue weighted by Crippen LogP contribution is 2.20. The van der Waals surface area contributed by atoms with E-state index >= 15 is 0 Å². The van der Waals surface area contributed by atoms with Gasteiger partial charge in [0, 0.05) is 31.0 Å². The third-order valence-electron chi connectivity index (χ3n) is 5.37. The highest BCUT2D eigenvalue weighted by Gasteiger charge is 2.11. The first-order chi connectivity index (χ1) is 15.4. The lowest BCUT2D eigenvalue weighted by Crippen LogP contribution is -2.07. The van der Waals surface area contributed by atoms with Crippen LogP contribution in [0.1, 0.15) is 17.8 Å². The predicted octanol–water partition coefficient (Wildman–Crippen LogP) is 5.28. The number of rotatable bonds is 8. The summed E-state index contributed by atoms with van der Waals surface area (Å²) in [7, 11) is 0. The van der Waals surface area contributed by atoms with E-state index in [2.05, 4.69) is 58.1 Å². The Kier molecular flexibility index (Phi) is 5.48. The molecule has 5 nitrogen and oxygen atoms in total. The number of nitrogens with zero attached hydrogens (tertiary/aromatic N) is 4. The number of ether oxygens (including phenoxy) is 1. The SMILES string of the molecule is c1ccc(Cn2c(CCCOc3ccc(-n4ccnc4)cc3)nc3ccccc32)cc1. The van der Waals surface area contributed by atoms with Crippen LogP contribution < -0.4 is 4.74 Å². The van der Waals surface area contributed by atoms with Crippen molar-refractivity contribution in [2.24, 2.45) is 0 Å². The number of hydrogen-bond acceptors (Lipinski definition) is 3. The van der Waals surface area contributed by atoms with Gasteiger partial charge >= 0.3 is 0 Å². The van der Waals surface area contributed by atoms with Gasteiger partial charge in [0.1, 0.15) is 11.6 Å². The van der Waals surface area contributed by atoms with Gasteiger partial charge in [-0.1, -0.05) is 42.5 Å². The summed E-state index contributed by atoms with van der Waals surface area (Å²) < 4.78 is 10.3. The van der Waals surface area contributed by atoms with Gasteiger partial charge < -0.3 is 13.9 Å². The zero-order valence-electron chi connectivity index (χ0n) is 17.3. The first kappa shape index (κ1) is 19.1. The number of fused-ring (bicyclic) bond motifs is 1. The summed E-state index contributed by atoms with van der Waals surface area (Å²) in [5, 5.41) is 0. The molecule has 0 aliphatic rings. The fourth-order valence-corrected chi connectivity index (χ4v) is 3.81. The highest BCUT2D eigenvalue weighted by atomic mass is 16.5. The molecule has 0 amide bonds. The lowest BCUT2D eigenvalue weighted by Gasteiger charge is -2.10. The average molecular weight is 409 g/mol. The van der Waals surface area contributed by atoms with Gasteiger partial charge in [-0.2, -0.15) is 0 Å². The van der Waals surface area contributed by atoms with Crippen LogP contribution in [-0.2, 0) is 13.0 Å². The summed E-state index contributed by atoms with van der Waals surface area (Å²) in [5.74, 6) is 1.98. The molecule has 0 radical (unpaired) electrons. The Hall–Kier alpha value is -3.86. The second kappa shape index (κ2) is 8.88. The van der Waals surface area contributed by atoms with Crippen LogP contribution in [0.4, 0.5) is 0 Å². The molecule has 2 aromatic heterocycles. The van der Waals surface area contributed by atoms with Gasteiger partial charge in [-0.15, -0.1) is 0 Å². The molecule has 0 unspecified atom stereocenters. The molecule has 0 saturated heterocycles. The van der Waals surface area contributed by atoms with E-state index in [0.717, 1.165) is 42.2 Å². The molecule has 0 N–H and O–H groups in total. The van der Waals surface area contributed by atoms with E-state index in [4.69, 9.17) is 9.72 Å². The zero-order chi connectivity index (χ0) is 20.9. The fraction of sp³-hybridized carbons (Fsp3) is 0.154. The van der Waals surface area contributed by atoms with Gasteiger partial charge in [0.25, 0.3) is 0 Å². The van der Waals surface area contributed by atoms with Crippen molar-refractivity contribution in [3.63, 3.8) is 0 Å². The predicted molar refractivity (Wildman–Crippen MR) is 123 cm³/mol. The molecular weight excluding hydrogens is 384 g/mol. The van der Waals surface area contributed by atoms with E-state index in [-0.39, 0.29) is 0 Å². The summed E-state index contributed by atoms with van der Waals surface area (Å²) in [4.78, 5) is 8.98. The smallest absolute Gasteiger partial charge is 0.119 e. The third-order valence-corrected chi connectivity index (χ3v) is 5.37. The standard InChI is InChI=1S/C26H24N4O/c1-2-7-21(8-3-1)19-30-25-10-5-4-9-24(25)28-26(30)11-6-18-31-23-14-12-22(13-15-23)29-17-16-27-20-29/h1-5,7-10,12-17,20H,6,11,18-19H2. The summed E-state index contributed by atoms with van der Waals surface area (Å²) in [5.41, 5.74) is 4.57. The third kappa shape index (κ3) is 4.36. The van der Waals surface area contributed by atoms with Gasteiger partial charge in [0.15, 0.2) is 0 Å². The van der Waals surface area contributed by atoms with Crippen molar-refractivity contribution >= 4 is 11.0 Å². The van der Waals surface area contributed by atoms with E-state index < -0.39 is 0 Å². The molecule has 0 aliphatic carbocycles. The van der Waals surface area contributed by atoms with E-state index in [1.807, 2.05) is 41.1 Å². The molecule has 0 aliphatic heterocycles. The first-order valence-electron chi connectivity index (χ1n) is 10.6. The Labute approximate surface area is 181 Å². The van der Waals surface area contributed by atoms with Crippen molar-refractivity contribution < 1.29 is 4.74 Å². The Morgan fingerprint density at radius 3 is 2.45 bits per heavy atom. The number of hydrogen-bond donors (Lipinski definition) is 0. The van der Waals surface area contributed by atoms with E-state index in [1.54, 1.807) is 12.5 Å². The number of benzene rings is 3. The molecule has 0 fully saturated rings. The van der Waals surface area contributed by atoms with Crippen LogP contribution in [0.25, 0.3) is 16.7 Å². The lowest BCUT2D eigenvalue weighted by atomic mass is 10.2. The summed E-state index contributed by atoms with van der Waals surface area (Å²) in [6.07, 6.45) is 7.26. The molecule has 31 heavy (non-hydrogen) atoms.